The Bertz CT molecular complexity index is 1070. The Morgan fingerprint density at radius 1 is 1.20 bits per heavy atom. The van der Waals surface area contributed by atoms with Gasteiger partial charge in [-0.2, -0.15) is 0 Å². The molecule has 2 N–H and O–H groups in total. The first kappa shape index (κ1) is 23.3. The van der Waals surface area contributed by atoms with Gasteiger partial charge in [0.15, 0.2) is 0 Å². The summed E-state index contributed by atoms with van der Waals surface area (Å²) in [6.07, 6.45) is 1.97. The molecule has 1 heterocycles. The molecule has 2 aromatic rings. The minimum absolute atomic E-state index is 0.0187. The maximum atomic E-state index is 13.4. The van der Waals surface area contributed by atoms with E-state index in [1.165, 1.54) is 31.3 Å². The van der Waals surface area contributed by atoms with Crippen molar-refractivity contribution in [2.75, 3.05) is 17.6 Å². The number of hydrogen-bond donors (Lipinski definition) is 2. The quantitative estimate of drug-likeness (QED) is 0.480. The lowest BCUT2D eigenvalue weighted by Crippen LogP contribution is -2.28. The van der Waals surface area contributed by atoms with Crippen LogP contribution in [0.15, 0.2) is 36.1 Å². The third-order valence-electron chi connectivity index (χ3n) is 4.39. The summed E-state index contributed by atoms with van der Waals surface area (Å²) in [6.45, 7) is 3.74. The fraction of sp³-hybridized carbons (Fsp3) is 0.350. The molecule has 30 heavy (non-hydrogen) atoms. The highest BCUT2D eigenvalue weighted by Crippen LogP contribution is 2.31. The molecule has 0 saturated heterocycles. The highest BCUT2D eigenvalue weighted by Gasteiger charge is 2.23. The molecule has 0 aliphatic carbocycles. The van der Waals surface area contributed by atoms with Crippen LogP contribution in [0, 0.1) is 5.82 Å². The smallest absolute Gasteiger partial charge is 0.331 e. The molecule has 0 spiro atoms. The van der Waals surface area contributed by atoms with Crippen LogP contribution in [0.3, 0.4) is 0 Å². The summed E-state index contributed by atoms with van der Waals surface area (Å²) in [6, 6.07) is 5.56. The number of halogens is 1. The topological polar surface area (TPSA) is 121 Å². The van der Waals surface area contributed by atoms with Gasteiger partial charge in [-0.1, -0.05) is 13.8 Å². The van der Waals surface area contributed by atoms with E-state index in [0.29, 0.717) is 28.6 Å². The average Bonchev–Trinajstić information content (AvgIpc) is 2.64. The van der Waals surface area contributed by atoms with Crippen LogP contribution >= 0.6 is 0 Å². The largest absolute Gasteiger partial charge is 0.512 e. The molecule has 0 bridgehead atoms. The van der Waals surface area contributed by atoms with Crippen molar-refractivity contribution >= 4 is 21.9 Å². The SMILES string of the molecule is CC(C)c1nc(N(C)S(C)(=O)=O)nc(-c2ccc(F)cc2)c1CCC(O)=CC(=O)O. The Kier molecular flexibility index (Phi) is 7.14. The first-order valence-corrected chi connectivity index (χ1v) is 11.0. The van der Waals surface area contributed by atoms with Crippen LogP contribution in [0.1, 0.15) is 37.4 Å². The van der Waals surface area contributed by atoms with Crippen molar-refractivity contribution in [3.63, 3.8) is 0 Å². The summed E-state index contributed by atoms with van der Waals surface area (Å²) in [5.74, 6) is -2.18. The van der Waals surface area contributed by atoms with Crippen molar-refractivity contribution in [1.29, 1.82) is 0 Å². The van der Waals surface area contributed by atoms with Crippen LogP contribution in [-0.4, -0.2) is 47.9 Å². The predicted octanol–water partition coefficient (Wildman–Crippen LogP) is 3.26. The minimum Gasteiger partial charge on any atom is -0.512 e. The van der Waals surface area contributed by atoms with E-state index in [1.54, 1.807) is 0 Å². The van der Waals surface area contributed by atoms with E-state index in [9.17, 15) is 22.7 Å². The molecule has 8 nitrogen and oxygen atoms in total. The molecule has 0 radical (unpaired) electrons. The molecular weight excluding hydrogens is 413 g/mol. The van der Waals surface area contributed by atoms with Gasteiger partial charge in [-0.15, -0.1) is 0 Å². The van der Waals surface area contributed by atoms with Crippen LogP contribution in [0.5, 0.6) is 0 Å². The highest BCUT2D eigenvalue weighted by atomic mass is 32.2. The van der Waals surface area contributed by atoms with E-state index in [0.717, 1.165) is 10.6 Å². The number of carbonyl (C=O) groups is 1. The number of sulfonamides is 1. The molecule has 0 aliphatic rings. The number of benzene rings is 1. The fourth-order valence-corrected chi connectivity index (χ4v) is 3.19. The van der Waals surface area contributed by atoms with E-state index in [1.807, 2.05) is 13.8 Å². The molecular formula is C20H24FN3O5S. The van der Waals surface area contributed by atoms with Crippen LogP contribution in [0.25, 0.3) is 11.3 Å². The van der Waals surface area contributed by atoms with Gasteiger partial charge >= 0.3 is 5.97 Å². The molecule has 0 saturated carbocycles. The number of aromatic nitrogens is 2. The highest BCUT2D eigenvalue weighted by molar-refractivity contribution is 7.92. The van der Waals surface area contributed by atoms with Crippen LogP contribution < -0.4 is 4.31 Å². The third-order valence-corrected chi connectivity index (χ3v) is 5.55. The van der Waals surface area contributed by atoms with E-state index in [4.69, 9.17) is 5.11 Å². The molecule has 1 aromatic carbocycles. The van der Waals surface area contributed by atoms with Crippen molar-refractivity contribution < 1.29 is 27.8 Å². The van der Waals surface area contributed by atoms with Gasteiger partial charge in [0.2, 0.25) is 16.0 Å². The zero-order valence-corrected chi connectivity index (χ0v) is 17.9. The summed E-state index contributed by atoms with van der Waals surface area (Å²) in [5, 5.41) is 18.7. The molecule has 2 rings (SSSR count). The molecule has 0 unspecified atom stereocenters. The normalized spacial score (nSPS) is 12.3. The number of allylic oxidation sites excluding steroid dienone is 1. The molecule has 0 atom stereocenters. The lowest BCUT2D eigenvalue weighted by atomic mass is 9.95. The van der Waals surface area contributed by atoms with Crippen molar-refractivity contribution in [2.24, 2.45) is 0 Å². The molecule has 0 amide bonds. The number of rotatable bonds is 8. The van der Waals surface area contributed by atoms with Gasteiger partial charge in [-0.05, 0) is 36.6 Å². The molecule has 1 aromatic heterocycles. The Hall–Kier alpha value is -3.01. The number of aliphatic hydroxyl groups excluding tert-OH is 1. The Morgan fingerprint density at radius 2 is 1.80 bits per heavy atom. The fourth-order valence-electron chi connectivity index (χ4n) is 2.82. The van der Waals surface area contributed by atoms with Crippen molar-refractivity contribution in [3.8, 4) is 11.3 Å². The van der Waals surface area contributed by atoms with Crippen molar-refractivity contribution in [2.45, 2.75) is 32.6 Å². The van der Waals surface area contributed by atoms with E-state index >= 15 is 0 Å². The third kappa shape index (κ3) is 5.76. The van der Waals surface area contributed by atoms with Gasteiger partial charge < -0.3 is 10.2 Å². The maximum Gasteiger partial charge on any atom is 0.331 e. The molecule has 10 heteroatoms. The van der Waals surface area contributed by atoms with Crippen LogP contribution in [-0.2, 0) is 21.2 Å². The number of anilines is 1. The lowest BCUT2D eigenvalue weighted by Gasteiger charge is -2.21. The lowest BCUT2D eigenvalue weighted by molar-refractivity contribution is -0.131. The number of nitrogens with zero attached hydrogens (tertiary/aromatic N) is 3. The van der Waals surface area contributed by atoms with Gasteiger partial charge in [-0.3, -0.25) is 0 Å². The Labute approximate surface area is 174 Å². The zero-order chi connectivity index (χ0) is 22.6. The first-order valence-electron chi connectivity index (χ1n) is 9.13. The average molecular weight is 437 g/mol. The number of hydrogen-bond acceptors (Lipinski definition) is 6. The number of aliphatic carboxylic acids is 1. The standard InChI is InChI=1S/C20H24FN3O5S/c1-12(2)18-16(10-9-15(25)11-17(26)27)19(13-5-7-14(21)8-6-13)23-20(22-18)24(3)30(4,28)29/h5-8,11-12,25H,9-10H2,1-4H3,(H,26,27). The van der Waals surface area contributed by atoms with Crippen LogP contribution in [0.2, 0.25) is 0 Å². The summed E-state index contributed by atoms with van der Waals surface area (Å²) in [7, 11) is -2.28. The summed E-state index contributed by atoms with van der Waals surface area (Å²) in [4.78, 5) is 19.6. The van der Waals surface area contributed by atoms with Crippen molar-refractivity contribution in [3.05, 3.63) is 53.2 Å². The van der Waals surface area contributed by atoms with Gasteiger partial charge in [-0.25, -0.2) is 31.9 Å². The van der Waals surface area contributed by atoms with Crippen LogP contribution in [0.4, 0.5) is 10.3 Å². The van der Waals surface area contributed by atoms with Gasteiger partial charge in [0.1, 0.15) is 5.82 Å². The second-order valence-corrected chi connectivity index (χ2v) is 9.12. The van der Waals surface area contributed by atoms with E-state index in [2.05, 4.69) is 9.97 Å². The van der Waals surface area contributed by atoms with E-state index in [-0.39, 0.29) is 30.5 Å². The molecule has 0 aliphatic heterocycles. The van der Waals surface area contributed by atoms with Gasteiger partial charge in [0.05, 0.1) is 29.5 Å². The van der Waals surface area contributed by atoms with E-state index < -0.39 is 21.8 Å². The molecule has 162 valence electrons. The monoisotopic (exact) mass is 437 g/mol. The second kappa shape index (κ2) is 9.21. The molecule has 0 fully saturated rings. The van der Waals surface area contributed by atoms with Crippen molar-refractivity contribution in [1.82, 2.24) is 9.97 Å². The minimum atomic E-state index is -3.62. The van der Waals surface area contributed by atoms with Gasteiger partial charge in [0, 0.05) is 24.6 Å². The summed E-state index contributed by atoms with van der Waals surface area (Å²) >= 11 is 0. The number of carboxylic acid groups (broad SMARTS) is 1. The summed E-state index contributed by atoms with van der Waals surface area (Å²) < 4.78 is 38.4. The Morgan fingerprint density at radius 3 is 2.30 bits per heavy atom. The first-order chi connectivity index (χ1) is 13.9. The maximum absolute atomic E-state index is 13.4. The number of aliphatic hydroxyl groups is 1. The predicted molar refractivity (Wildman–Crippen MR) is 111 cm³/mol. The second-order valence-electron chi connectivity index (χ2n) is 7.10. The zero-order valence-electron chi connectivity index (χ0n) is 17.1. The number of carboxylic acids is 1. The summed E-state index contributed by atoms with van der Waals surface area (Å²) in [5.41, 5.74) is 2.11. The Balaban J connectivity index is 2.70. The van der Waals surface area contributed by atoms with Gasteiger partial charge in [0.25, 0.3) is 0 Å².